The quantitative estimate of drug-likeness (QED) is 0.636. The number of hydrazine groups is 1. The number of nitrogens with zero attached hydrogens (tertiary/aromatic N) is 5. The molecule has 0 bridgehead atoms. The van der Waals surface area contributed by atoms with E-state index in [0.717, 1.165) is 5.69 Å². The van der Waals surface area contributed by atoms with E-state index in [1.54, 1.807) is 41.4 Å². The highest BCUT2D eigenvalue weighted by molar-refractivity contribution is 7.85. The molecule has 1 saturated heterocycles. The molecule has 11 nitrogen and oxygen atoms in total. The van der Waals surface area contributed by atoms with Gasteiger partial charge in [-0.2, -0.15) is 0 Å². The number of imidazole rings is 1. The van der Waals surface area contributed by atoms with Crippen molar-refractivity contribution in [2.24, 2.45) is 5.73 Å². The molecule has 12 heteroatoms. The van der Waals surface area contributed by atoms with E-state index in [4.69, 9.17) is 5.73 Å². The highest BCUT2D eigenvalue weighted by atomic mass is 32.2. The van der Waals surface area contributed by atoms with Crippen LogP contribution >= 0.6 is 0 Å². The van der Waals surface area contributed by atoms with Crippen molar-refractivity contribution in [1.29, 1.82) is 0 Å². The Kier molecular flexibility index (Phi) is 5.68. The molecular formula is C17H27N7O4S. The molecule has 0 saturated carbocycles. The average Bonchev–Trinajstić information content (AvgIpc) is 3.19. The first kappa shape index (κ1) is 21.2. The van der Waals surface area contributed by atoms with Gasteiger partial charge in [-0.15, -0.1) is 0 Å². The van der Waals surface area contributed by atoms with Crippen molar-refractivity contribution >= 4 is 28.8 Å². The zero-order chi connectivity index (χ0) is 21.5. The lowest BCUT2D eigenvalue weighted by atomic mass is 10.0. The summed E-state index contributed by atoms with van der Waals surface area (Å²) in [6.45, 7) is 7.23. The van der Waals surface area contributed by atoms with Crippen LogP contribution in [-0.4, -0.2) is 89.9 Å². The second-order valence-corrected chi connectivity index (χ2v) is 9.71. The van der Waals surface area contributed by atoms with Crippen LogP contribution in [0.15, 0.2) is 6.20 Å². The molecule has 0 aromatic carbocycles. The number of nitrogens with two attached hydrogens (primary N) is 1. The number of carbonyl (C=O) groups excluding carboxylic acids is 3. The van der Waals surface area contributed by atoms with E-state index in [1.807, 2.05) is 5.01 Å². The molecule has 29 heavy (non-hydrogen) atoms. The van der Waals surface area contributed by atoms with Crippen LogP contribution in [0.5, 0.6) is 0 Å². The second-order valence-electron chi connectivity index (χ2n) is 7.75. The molecule has 1 fully saturated rings. The van der Waals surface area contributed by atoms with Gasteiger partial charge < -0.3 is 16.0 Å². The monoisotopic (exact) mass is 425 g/mol. The molecule has 1 aromatic heterocycles. The minimum absolute atomic E-state index is 0.148. The van der Waals surface area contributed by atoms with E-state index in [9.17, 15) is 18.6 Å². The number of hydrogen-bond donors (Lipinski definition) is 2. The maximum Gasteiger partial charge on any atom is 0.344 e. The summed E-state index contributed by atoms with van der Waals surface area (Å²) in [5, 5.41) is 6.03. The smallest absolute Gasteiger partial charge is 0.344 e. The summed E-state index contributed by atoms with van der Waals surface area (Å²) in [7, 11) is -1.37. The molecule has 3 rings (SSSR count). The largest absolute Gasteiger partial charge is 0.352 e. The van der Waals surface area contributed by atoms with Gasteiger partial charge >= 0.3 is 12.1 Å². The lowest BCUT2D eigenvalue weighted by Gasteiger charge is -2.41. The first-order valence-electron chi connectivity index (χ1n) is 9.32. The van der Waals surface area contributed by atoms with Gasteiger partial charge in [0.05, 0.1) is 23.2 Å². The SMILES string of the molecule is Cc1ncc2n1C(=O)N(N1CCN(C(=O)[C@H](NC(N)=O)C(C)(C)S(C)=O)CC1)C2. The van der Waals surface area contributed by atoms with Gasteiger partial charge in [0.15, 0.2) is 0 Å². The third-order valence-electron chi connectivity index (χ3n) is 5.61. The Labute approximate surface area is 171 Å². The van der Waals surface area contributed by atoms with Gasteiger partial charge in [-0.25, -0.2) is 24.1 Å². The molecule has 2 aliphatic rings. The molecule has 4 amide bonds. The Balaban J connectivity index is 1.66. The average molecular weight is 426 g/mol. The fourth-order valence-corrected chi connectivity index (χ4v) is 4.09. The number of aryl methyl sites for hydroxylation is 1. The predicted molar refractivity (Wildman–Crippen MR) is 106 cm³/mol. The number of piperazine rings is 1. The zero-order valence-corrected chi connectivity index (χ0v) is 17.9. The second kappa shape index (κ2) is 7.75. The number of hydrogen-bond acceptors (Lipinski definition) is 6. The van der Waals surface area contributed by atoms with Crippen LogP contribution in [-0.2, 0) is 22.1 Å². The van der Waals surface area contributed by atoms with Gasteiger partial charge in [0.2, 0.25) is 5.91 Å². The summed E-state index contributed by atoms with van der Waals surface area (Å²) in [6.07, 6.45) is 3.19. The van der Waals surface area contributed by atoms with E-state index < -0.39 is 27.6 Å². The number of fused-ring (bicyclic) bond motifs is 1. The Bertz CT molecular complexity index is 860. The fourth-order valence-electron chi connectivity index (χ4n) is 3.60. The third-order valence-corrected chi connectivity index (χ3v) is 7.33. The molecular weight excluding hydrogens is 398 g/mol. The van der Waals surface area contributed by atoms with E-state index in [-0.39, 0.29) is 11.9 Å². The van der Waals surface area contributed by atoms with Crippen molar-refractivity contribution < 1.29 is 18.6 Å². The van der Waals surface area contributed by atoms with E-state index in [0.29, 0.717) is 38.5 Å². The summed E-state index contributed by atoms with van der Waals surface area (Å²) in [5.41, 5.74) is 6.08. The normalized spacial score (nSPS) is 19.8. The van der Waals surface area contributed by atoms with Gasteiger partial charge in [-0.05, 0) is 20.8 Å². The highest BCUT2D eigenvalue weighted by Crippen LogP contribution is 2.23. The van der Waals surface area contributed by atoms with Crippen molar-refractivity contribution in [1.82, 2.24) is 29.8 Å². The van der Waals surface area contributed by atoms with Crippen molar-refractivity contribution in [3.8, 4) is 0 Å². The molecule has 160 valence electrons. The molecule has 2 aliphatic heterocycles. The molecule has 3 N–H and O–H groups in total. The Morgan fingerprint density at radius 1 is 1.28 bits per heavy atom. The van der Waals surface area contributed by atoms with Crippen molar-refractivity contribution in [2.75, 3.05) is 32.4 Å². The Morgan fingerprint density at radius 3 is 2.41 bits per heavy atom. The van der Waals surface area contributed by atoms with Crippen LogP contribution in [0.3, 0.4) is 0 Å². The van der Waals surface area contributed by atoms with Crippen LogP contribution in [0.25, 0.3) is 0 Å². The highest BCUT2D eigenvalue weighted by Gasteiger charge is 2.43. The molecule has 2 atom stereocenters. The van der Waals surface area contributed by atoms with Gasteiger partial charge in [-0.3, -0.25) is 14.0 Å². The number of nitrogens with one attached hydrogen (secondary N) is 1. The number of urea groups is 1. The third kappa shape index (κ3) is 3.86. The van der Waals surface area contributed by atoms with Crippen LogP contribution in [0, 0.1) is 6.92 Å². The van der Waals surface area contributed by atoms with Crippen LogP contribution < -0.4 is 11.1 Å². The Morgan fingerprint density at radius 2 is 1.90 bits per heavy atom. The van der Waals surface area contributed by atoms with Crippen LogP contribution in [0.1, 0.15) is 25.4 Å². The minimum atomic E-state index is -1.37. The lowest BCUT2D eigenvalue weighted by Crippen LogP contribution is -2.64. The molecule has 3 heterocycles. The lowest BCUT2D eigenvalue weighted by molar-refractivity contribution is -0.138. The van der Waals surface area contributed by atoms with E-state index >= 15 is 0 Å². The number of primary amides is 1. The van der Waals surface area contributed by atoms with Crippen molar-refractivity contribution in [3.05, 3.63) is 17.7 Å². The summed E-state index contributed by atoms with van der Waals surface area (Å²) in [4.78, 5) is 42.9. The zero-order valence-electron chi connectivity index (χ0n) is 17.0. The molecule has 1 aromatic rings. The first-order valence-corrected chi connectivity index (χ1v) is 10.9. The van der Waals surface area contributed by atoms with Gasteiger partial charge in [0, 0.05) is 43.2 Å². The maximum atomic E-state index is 13.1. The molecule has 1 unspecified atom stereocenters. The maximum absolute atomic E-state index is 13.1. The van der Waals surface area contributed by atoms with Crippen LogP contribution in [0.4, 0.5) is 9.59 Å². The molecule has 0 aliphatic carbocycles. The van der Waals surface area contributed by atoms with E-state index in [1.165, 1.54) is 6.26 Å². The van der Waals surface area contributed by atoms with Crippen LogP contribution in [0.2, 0.25) is 0 Å². The minimum Gasteiger partial charge on any atom is -0.352 e. The fraction of sp³-hybridized carbons (Fsp3) is 0.647. The molecule has 0 spiro atoms. The summed E-state index contributed by atoms with van der Waals surface area (Å²) < 4.78 is 12.7. The number of rotatable bonds is 5. The molecule has 0 radical (unpaired) electrons. The number of carbonyl (C=O) groups is 3. The van der Waals surface area contributed by atoms with Crippen molar-refractivity contribution in [3.63, 3.8) is 0 Å². The predicted octanol–water partition coefficient (Wildman–Crippen LogP) is -0.772. The summed E-state index contributed by atoms with van der Waals surface area (Å²) in [6, 6.07) is -1.99. The van der Waals surface area contributed by atoms with Gasteiger partial charge in [-0.1, -0.05) is 0 Å². The topological polar surface area (TPSA) is 134 Å². The Hall–Kier alpha value is -2.47. The van der Waals surface area contributed by atoms with E-state index in [2.05, 4.69) is 10.3 Å². The van der Waals surface area contributed by atoms with Gasteiger partial charge in [0.25, 0.3) is 0 Å². The summed E-state index contributed by atoms with van der Waals surface area (Å²) >= 11 is 0. The summed E-state index contributed by atoms with van der Waals surface area (Å²) in [5.74, 6) is 0.319. The first-order chi connectivity index (χ1) is 13.5. The standard InChI is InChI=1S/C17H27N7O4S/c1-11-19-9-12-10-23(16(27)24(11)12)22-7-5-21(6-8-22)14(25)13(20-15(18)26)17(2,3)29(4)28/h9,13H,5-8,10H2,1-4H3,(H3,18,20,26)/t13-,29?/m0/s1. The number of aromatic nitrogens is 2. The van der Waals surface area contributed by atoms with Gasteiger partial charge in [0.1, 0.15) is 11.9 Å². The number of amides is 4. The van der Waals surface area contributed by atoms with Crippen molar-refractivity contribution in [2.45, 2.75) is 38.1 Å².